The predicted molar refractivity (Wildman–Crippen MR) is 55.6 cm³/mol. The standard InChI is InChI=1S/C10H15.Ir.H2O4S/c1-6-7(2)9(4)10(5)8(6)3;;1-5(2,3)4/h1-5H3;;(H2,1,2,3,4)/q;+2;/p-2. The molecule has 1 aliphatic rings. The van der Waals surface area contributed by atoms with Gasteiger partial charge in [-0.25, -0.2) is 0 Å². The van der Waals surface area contributed by atoms with Gasteiger partial charge in [0.15, 0.2) is 0 Å². The first-order chi connectivity index (χ1) is 6.89. The maximum atomic E-state index is 8.52. The van der Waals surface area contributed by atoms with E-state index in [-0.39, 0.29) is 0 Å². The fourth-order valence-corrected chi connectivity index (χ4v) is 2.43. The van der Waals surface area contributed by atoms with Crippen molar-refractivity contribution in [1.82, 2.24) is 0 Å². The topological polar surface area (TPSA) is 80.3 Å². The van der Waals surface area contributed by atoms with Crippen LogP contribution in [0.25, 0.3) is 0 Å². The zero-order valence-electron chi connectivity index (χ0n) is 9.87. The van der Waals surface area contributed by atoms with Crippen molar-refractivity contribution in [2.45, 2.75) is 38.5 Å². The average Bonchev–Trinajstić information content (AvgIpc) is 2.19. The average molecular weight is 424 g/mol. The van der Waals surface area contributed by atoms with Crippen LogP contribution in [0.1, 0.15) is 34.6 Å². The molecule has 0 bridgehead atoms. The van der Waals surface area contributed by atoms with E-state index in [2.05, 4.69) is 53.5 Å². The molecule has 0 atom stereocenters. The number of rotatable bonds is 0. The van der Waals surface area contributed by atoms with Gasteiger partial charge in [0, 0.05) is 10.4 Å². The van der Waals surface area contributed by atoms with Gasteiger partial charge >= 0.3 is 79.7 Å². The van der Waals surface area contributed by atoms with Gasteiger partial charge in [-0.1, -0.05) is 0 Å². The molecular formula is C10H15IrO4S. The van der Waals surface area contributed by atoms with Gasteiger partial charge in [-0.2, -0.15) is 0 Å². The van der Waals surface area contributed by atoms with E-state index < -0.39 is 10.4 Å². The summed E-state index contributed by atoms with van der Waals surface area (Å²) in [7, 11) is -5.17. The van der Waals surface area contributed by atoms with E-state index >= 15 is 0 Å². The molecule has 0 fully saturated rings. The van der Waals surface area contributed by atoms with Crippen LogP contribution < -0.4 is 0 Å². The van der Waals surface area contributed by atoms with E-state index in [1.54, 1.807) is 0 Å². The molecule has 0 saturated heterocycles. The van der Waals surface area contributed by atoms with Crippen molar-refractivity contribution in [3.05, 3.63) is 22.3 Å². The molecule has 0 N–H and O–H groups in total. The molecule has 0 aliphatic heterocycles. The molecular weight excluding hydrogens is 408 g/mol. The number of hydrogen-bond donors (Lipinski definition) is 0. The van der Waals surface area contributed by atoms with Crippen LogP contribution in [0.4, 0.5) is 0 Å². The van der Waals surface area contributed by atoms with Gasteiger partial charge in [-0.3, -0.25) is 8.42 Å². The Hall–Kier alpha value is -0.000649. The third-order valence-electron chi connectivity index (χ3n) is 3.06. The Morgan fingerprint density at radius 2 is 1.19 bits per heavy atom. The first kappa shape index (κ1) is 16.0. The Morgan fingerprint density at radius 3 is 1.25 bits per heavy atom. The van der Waals surface area contributed by atoms with Gasteiger partial charge in [0.25, 0.3) is 0 Å². The largest absolute Gasteiger partial charge is 0.759 e. The molecule has 0 amide bonds. The van der Waals surface area contributed by atoms with Crippen LogP contribution in [0, 0.1) is 0 Å². The monoisotopic (exact) mass is 424 g/mol. The smallest absolute Gasteiger partial charge is 0.0311 e. The Labute approximate surface area is 108 Å². The Bertz CT molecular complexity index is 409. The fourth-order valence-electron chi connectivity index (χ4n) is 1.53. The minimum Gasteiger partial charge on any atom is -0.759 e. The zero-order chi connectivity index (χ0) is 13.3. The van der Waals surface area contributed by atoms with E-state index in [1.807, 2.05) is 0 Å². The van der Waals surface area contributed by atoms with Gasteiger partial charge in [0.1, 0.15) is 0 Å². The molecule has 4 nitrogen and oxygen atoms in total. The maximum absolute atomic E-state index is 8.52. The predicted octanol–water partition coefficient (Wildman–Crippen LogP) is 2.06. The summed E-state index contributed by atoms with van der Waals surface area (Å²) in [6.45, 7) is 11.2. The molecule has 0 aromatic rings. The first-order valence-electron chi connectivity index (χ1n) is 4.58. The second kappa shape index (κ2) is 5.10. The Balaban J connectivity index is 0.000000385. The summed E-state index contributed by atoms with van der Waals surface area (Å²) in [6.07, 6.45) is 0. The SMILES string of the molecule is CC1=C(C)[C](C)([Ir+2])C(C)=C1C.O=S(=O)([O-])[O-]. The van der Waals surface area contributed by atoms with Crippen molar-refractivity contribution in [2.75, 3.05) is 0 Å². The summed E-state index contributed by atoms with van der Waals surface area (Å²) in [5.41, 5.74) is 6.06. The summed E-state index contributed by atoms with van der Waals surface area (Å²) in [5.74, 6) is 0. The third kappa shape index (κ3) is 4.11. The molecule has 0 aromatic carbocycles. The Kier molecular flexibility index (Phi) is 5.10. The third-order valence-corrected chi connectivity index (χ3v) is 4.86. The summed E-state index contributed by atoms with van der Waals surface area (Å²) in [6, 6.07) is 0. The maximum Gasteiger partial charge on any atom is 0.0311 e. The van der Waals surface area contributed by atoms with Crippen LogP contribution in [0.3, 0.4) is 0 Å². The van der Waals surface area contributed by atoms with Crippen LogP contribution >= 0.6 is 0 Å². The Morgan fingerprint density at radius 1 is 1.00 bits per heavy atom. The van der Waals surface area contributed by atoms with Crippen LogP contribution in [0.15, 0.2) is 22.3 Å². The van der Waals surface area contributed by atoms with E-state index in [4.69, 9.17) is 17.5 Å². The molecule has 1 rings (SSSR count). The summed E-state index contributed by atoms with van der Waals surface area (Å²) < 4.78 is 34.4. The van der Waals surface area contributed by atoms with Crippen LogP contribution in [-0.2, 0) is 29.3 Å². The van der Waals surface area contributed by atoms with Crippen LogP contribution in [0.5, 0.6) is 0 Å². The summed E-state index contributed by atoms with van der Waals surface area (Å²) in [4.78, 5) is 0. The first-order valence-corrected chi connectivity index (χ1v) is 7.11. The second-order valence-corrected chi connectivity index (χ2v) is 7.08. The van der Waals surface area contributed by atoms with Crippen molar-refractivity contribution < 1.29 is 36.4 Å². The number of hydrogen-bond acceptors (Lipinski definition) is 4. The fraction of sp³-hybridized carbons (Fsp3) is 0.600. The van der Waals surface area contributed by atoms with Crippen LogP contribution in [-0.4, -0.2) is 17.5 Å². The van der Waals surface area contributed by atoms with Crippen molar-refractivity contribution in [3.8, 4) is 0 Å². The quantitative estimate of drug-likeness (QED) is 0.441. The van der Waals surface area contributed by atoms with Gasteiger partial charge in [-0.05, 0) is 0 Å². The minimum atomic E-state index is -5.17. The molecule has 0 radical (unpaired) electrons. The zero-order valence-corrected chi connectivity index (χ0v) is 13.1. The summed E-state index contributed by atoms with van der Waals surface area (Å²) >= 11 is 2.30. The molecule has 0 unspecified atom stereocenters. The van der Waals surface area contributed by atoms with E-state index in [9.17, 15) is 0 Å². The van der Waals surface area contributed by atoms with E-state index in [0.717, 1.165) is 0 Å². The van der Waals surface area contributed by atoms with E-state index in [1.165, 1.54) is 22.3 Å². The molecule has 0 spiro atoms. The van der Waals surface area contributed by atoms with Crippen molar-refractivity contribution in [2.24, 2.45) is 0 Å². The molecule has 0 saturated carbocycles. The molecule has 6 heteroatoms. The molecule has 0 heterocycles. The van der Waals surface area contributed by atoms with E-state index in [0.29, 0.717) is 3.93 Å². The molecule has 94 valence electrons. The molecule has 0 aromatic heterocycles. The normalized spacial score (nSPS) is 19.8. The molecule has 1 aliphatic carbocycles. The van der Waals surface area contributed by atoms with Gasteiger partial charge in [0.2, 0.25) is 0 Å². The number of allylic oxidation sites excluding steroid dienone is 4. The minimum absolute atomic E-state index is 0.314. The molecule has 16 heavy (non-hydrogen) atoms. The van der Waals surface area contributed by atoms with Crippen LogP contribution in [0.2, 0.25) is 3.93 Å². The van der Waals surface area contributed by atoms with Gasteiger partial charge < -0.3 is 9.11 Å². The van der Waals surface area contributed by atoms with Gasteiger partial charge in [-0.15, -0.1) is 0 Å². The van der Waals surface area contributed by atoms with Crippen molar-refractivity contribution >= 4 is 10.4 Å². The second-order valence-electron chi connectivity index (χ2n) is 3.87. The van der Waals surface area contributed by atoms with Crippen molar-refractivity contribution in [1.29, 1.82) is 0 Å². The van der Waals surface area contributed by atoms with Gasteiger partial charge in [0.05, 0.1) is 0 Å². The summed E-state index contributed by atoms with van der Waals surface area (Å²) in [5, 5.41) is 0. The van der Waals surface area contributed by atoms with Crippen molar-refractivity contribution in [3.63, 3.8) is 0 Å².